The summed E-state index contributed by atoms with van der Waals surface area (Å²) < 4.78 is 15.8. The van der Waals surface area contributed by atoms with Gasteiger partial charge < -0.3 is 19.3 Å². The third-order valence-electron chi connectivity index (χ3n) is 2.73. The van der Waals surface area contributed by atoms with Gasteiger partial charge in [-0.05, 0) is 24.1 Å². The lowest BCUT2D eigenvalue weighted by Gasteiger charge is -2.16. The number of benzene rings is 1. The van der Waals surface area contributed by atoms with E-state index in [0.29, 0.717) is 34.8 Å². The van der Waals surface area contributed by atoms with Crippen molar-refractivity contribution in [1.29, 1.82) is 0 Å². The van der Waals surface area contributed by atoms with Gasteiger partial charge in [0.05, 0.1) is 21.3 Å². The van der Waals surface area contributed by atoms with E-state index in [1.807, 2.05) is 6.92 Å². The lowest BCUT2D eigenvalue weighted by molar-refractivity contribution is -0.131. The Bertz CT molecular complexity index is 491. The van der Waals surface area contributed by atoms with Gasteiger partial charge >= 0.3 is 5.97 Å². The van der Waals surface area contributed by atoms with Crippen LogP contribution in [0.5, 0.6) is 17.2 Å². The van der Waals surface area contributed by atoms with Crippen LogP contribution < -0.4 is 14.2 Å². The molecule has 0 unspecified atom stereocenters. The maximum Gasteiger partial charge on any atom is 0.328 e. The zero-order valence-electron chi connectivity index (χ0n) is 11.5. The molecular formula is C14H18O5. The molecule has 5 heteroatoms. The maximum atomic E-state index is 10.8. The molecule has 0 spiro atoms. The minimum Gasteiger partial charge on any atom is -0.493 e. The van der Waals surface area contributed by atoms with Crippen LogP contribution in [0.4, 0.5) is 0 Å². The number of ether oxygens (including phenoxy) is 3. The molecule has 0 saturated heterocycles. The fraction of sp³-hybridized carbons (Fsp3) is 0.357. The summed E-state index contributed by atoms with van der Waals surface area (Å²) in [5.74, 6) is 0.464. The monoisotopic (exact) mass is 266 g/mol. The molecule has 5 nitrogen and oxygen atoms in total. The van der Waals surface area contributed by atoms with E-state index in [0.717, 1.165) is 0 Å². The van der Waals surface area contributed by atoms with Crippen molar-refractivity contribution < 1.29 is 24.1 Å². The van der Waals surface area contributed by atoms with Gasteiger partial charge in [0.15, 0.2) is 11.5 Å². The lowest BCUT2D eigenvalue weighted by Crippen LogP contribution is -2.00. The van der Waals surface area contributed by atoms with Gasteiger partial charge in [-0.15, -0.1) is 0 Å². The van der Waals surface area contributed by atoms with Crippen LogP contribution in [0.15, 0.2) is 18.2 Å². The number of carboxylic acids is 1. The number of allylic oxidation sites excluding steroid dienone is 1. The van der Waals surface area contributed by atoms with Gasteiger partial charge in [-0.2, -0.15) is 0 Å². The molecule has 0 aliphatic rings. The van der Waals surface area contributed by atoms with Crippen molar-refractivity contribution in [2.24, 2.45) is 0 Å². The number of aliphatic carboxylic acids is 1. The van der Waals surface area contributed by atoms with E-state index in [1.54, 1.807) is 12.1 Å². The summed E-state index contributed by atoms with van der Waals surface area (Å²) in [5, 5.41) is 8.89. The summed E-state index contributed by atoms with van der Waals surface area (Å²) in [5.41, 5.74) is 1.34. The number of carboxylic acid groups (broad SMARTS) is 1. The molecule has 1 rings (SSSR count). The van der Waals surface area contributed by atoms with Gasteiger partial charge in [0.1, 0.15) is 0 Å². The number of hydrogen-bond acceptors (Lipinski definition) is 4. The van der Waals surface area contributed by atoms with Crippen LogP contribution in [0.2, 0.25) is 0 Å². The third kappa shape index (κ3) is 3.19. The van der Waals surface area contributed by atoms with Crippen molar-refractivity contribution in [2.45, 2.75) is 13.3 Å². The molecule has 1 aromatic rings. The highest BCUT2D eigenvalue weighted by molar-refractivity contribution is 5.91. The van der Waals surface area contributed by atoms with Gasteiger partial charge in [0.2, 0.25) is 5.75 Å². The first-order valence-electron chi connectivity index (χ1n) is 5.81. The Kier molecular flexibility index (Phi) is 5.23. The summed E-state index contributed by atoms with van der Waals surface area (Å²) in [7, 11) is 4.55. The summed E-state index contributed by atoms with van der Waals surface area (Å²) in [4.78, 5) is 10.8. The fourth-order valence-electron chi connectivity index (χ4n) is 1.87. The standard InChI is InChI=1S/C14H18O5/c1-5-9(8-12(15)16)10-6-7-11(17-2)14(19-4)13(10)18-3/h6-8H,5H2,1-4H3,(H,15,16)/b9-8+. The van der Waals surface area contributed by atoms with Crippen LogP contribution in [0.1, 0.15) is 18.9 Å². The minimum absolute atomic E-state index is 0.451. The highest BCUT2D eigenvalue weighted by Crippen LogP contribution is 2.42. The molecule has 0 aliphatic heterocycles. The Labute approximate surface area is 112 Å². The van der Waals surface area contributed by atoms with Crippen molar-refractivity contribution in [1.82, 2.24) is 0 Å². The summed E-state index contributed by atoms with van der Waals surface area (Å²) in [6.07, 6.45) is 1.74. The molecule has 0 bridgehead atoms. The van der Waals surface area contributed by atoms with Gasteiger partial charge in [-0.25, -0.2) is 4.79 Å². The Balaban J connectivity index is 3.47. The SMILES string of the molecule is CC/C(=C\C(=O)O)c1ccc(OC)c(OC)c1OC. The van der Waals surface area contributed by atoms with Crippen molar-refractivity contribution in [3.63, 3.8) is 0 Å². The molecule has 0 atom stereocenters. The van der Waals surface area contributed by atoms with E-state index < -0.39 is 5.97 Å². The zero-order chi connectivity index (χ0) is 14.4. The molecule has 0 radical (unpaired) electrons. The van der Waals surface area contributed by atoms with Crippen LogP contribution in [-0.2, 0) is 4.79 Å². The van der Waals surface area contributed by atoms with E-state index in [9.17, 15) is 4.79 Å². The second-order valence-electron chi connectivity index (χ2n) is 3.74. The Morgan fingerprint density at radius 1 is 1.16 bits per heavy atom. The molecule has 0 saturated carbocycles. The van der Waals surface area contributed by atoms with Gasteiger partial charge in [-0.1, -0.05) is 6.92 Å². The predicted octanol–water partition coefficient (Wildman–Crippen LogP) is 2.59. The first-order valence-corrected chi connectivity index (χ1v) is 5.81. The quantitative estimate of drug-likeness (QED) is 0.802. The molecule has 0 aromatic heterocycles. The molecule has 0 fully saturated rings. The Hall–Kier alpha value is -2.17. The van der Waals surface area contributed by atoms with Crippen molar-refractivity contribution >= 4 is 11.5 Å². The molecule has 19 heavy (non-hydrogen) atoms. The molecule has 1 N–H and O–H groups in total. The van der Waals surface area contributed by atoms with Gasteiger partial charge in [-0.3, -0.25) is 0 Å². The van der Waals surface area contributed by atoms with Gasteiger partial charge in [0.25, 0.3) is 0 Å². The lowest BCUT2D eigenvalue weighted by atomic mass is 10.0. The van der Waals surface area contributed by atoms with Crippen LogP contribution in [0.3, 0.4) is 0 Å². The minimum atomic E-state index is -0.992. The van der Waals surface area contributed by atoms with Crippen LogP contribution >= 0.6 is 0 Å². The van der Waals surface area contributed by atoms with E-state index >= 15 is 0 Å². The van der Waals surface area contributed by atoms with Crippen molar-refractivity contribution in [2.75, 3.05) is 21.3 Å². The summed E-state index contributed by atoms with van der Waals surface area (Å²) in [6, 6.07) is 3.49. The second kappa shape index (κ2) is 6.68. The van der Waals surface area contributed by atoms with Crippen molar-refractivity contribution in [3.8, 4) is 17.2 Å². The van der Waals surface area contributed by atoms with Crippen LogP contribution in [0, 0.1) is 0 Å². The average molecular weight is 266 g/mol. The van der Waals surface area contributed by atoms with Gasteiger partial charge in [0, 0.05) is 11.6 Å². The summed E-state index contributed by atoms with van der Waals surface area (Å²) in [6.45, 7) is 1.88. The molecule has 0 amide bonds. The topological polar surface area (TPSA) is 65.0 Å². The third-order valence-corrected chi connectivity index (χ3v) is 2.73. The molecule has 1 aromatic carbocycles. The smallest absolute Gasteiger partial charge is 0.328 e. The average Bonchev–Trinajstić information content (AvgIpc) is 2.42. The predicted molar refractivity (Wildman–Crippen MR) is 72.0 cm³/mol. The highest BCUT2D eigenvalue weighted by Gasteiger charge is 2.18. The molecule has 0 aliphatic carbocycles. The Morgan fingerprint density at radius 2 is 1.79 bits per heavy atom. The molecule has 104 valence electrons. The number of methoxy groups -OCH3 is 3. The maximum absolute atomic E-state index is 10.8. The second-order valence-corrected chi connectivity index (χ2v) is 3.74. The zero-order valence-corrected chi connectivity index (χ0v) is 11.5. The van der Waals surface area contributed by atoms with Crippen LogP contribution in [0.25, 0.3) is 5.57 Å². The highest BCUT2D eigenvalue weighted by atomic mass is 16.5. The van der Waals surface area contributed by atoms with E-state index in [1.165, 1.54) is 27.4 Å². The number of hydrogen-bond donors (Lipinski definition) is 1. The largest absolute Gasteiger partial charge is 0.493 e. The van der Waals surface area contributed by atoms with E-state index in [-0.39, 0.29) is 0 Å². The normalized spacial score (nSPS) is 11.1. The molecular weight excluding hydrogens is 248 g/mol. The molecule has 0 heterocycles. The van der Waals surface area contributed by atoms with Crippen LogP contribution in [-0.4, -0.2) is 32.4 Å². The first-order chi connectivity index (χ1) is 9.08. The number of rotatable bonds is 6. The number of carbonyl (C=O) groups is 1. The Morgan fingerprint density at radius 3 is 2.21 bits per heavy atom. The van der Waals surface area contributed by atoms with E-state index in [4.69, 9.17) is 19.3 Å². The fourth-order valence-corrected chi connectivity index (χ4v) is 1.87. The first kappa shape index (κ1) is 14.9. The van der Waals surface area contributed by atoms with E-state index in [2.05, 4.69) is 0 Å². The summed E-state index contributed by atoms with van der Waals surface area (Å²) >= 11 is 0. The van der Waals surface area contributed by atoms with Crippen molar-refractivity contribution in [3.05, 3.63) is 23.8 Å².